The number of rotatable bonds is 7. The minimum Gasteiger partial charge on any atom is -0.379 e. The van der Waals surface area contributed by atoms with Gasteiger partial charge in [0.05, 0.1) is 13.2 Å². The molecule has 1 aromatic carbocycles. The number of morpholine rings is 1. The average Bonchev–Trinajstić information content (AvgIpc) is 2.54. The van der Waals surface area contributed by atoms with Gasteiger partial charge in [-0.25, -0.2) is 4.79 Å². The molecule has 1 aromatic rings. The van der Waals surface area contributed by atoms with Crippen LogP contribution in [0, 0.1) is 0 Å². The first-order valence-electron chi connectivity index (χ1n) is 7.80. The highest BCUT2D eigenvalue weighted by molar-refractivity contribution is 6.30. The van der Waals surface area contributed by atoms with Crippen LogP contribution in [0.1, 0.15) is 12.0 Å². The van der Waals surface area contributed by atoms with E-state index >= 15 is 0 Å². The summed E-state index contributed by atoms with van der Waals surface area (Å²) in [5.74, 6) is 0. The molecule has 0 saturated carbocycles. The Morgan fingerprint density at radius 2 is 1.82 bits per heavy atom. The van der Waals surface area contributed by atoms with Gasteiger partial charge in [0.15, 0.2) is 0 Å². The molecule has 2 amide bonds. The molecule has 0 radical (unpaired) electrons. The fourth-order valence-corrected chi connectivity index (χ4v) is 2.49. The van der Waals surface area contributed by atoms with E-state index in [-0.39, 0.29) is 6.03 Å². The summed E-state index contributed by atoms with van der Waals surface area (Å²) in [4.78, 5) is 14.0. The number of urea groups is 1. The van der Waals surface area contributed by atoms with Gasteiger partial charge in [0, 0.05) is 31.2 Å². The number of ether oxygens (including phenoxy) is 1. The van der Waals surface area contributed by atoms with Crippen LogP contribution in [0.3, 0.4) is 0 Å². The SMILES string of the molecule is O=C(NCCCN1CCOCC1)NCCc1ccc(Cl)cc1. The second-order valence-corrected chi connectivity index (χ2v) is 5.80. The number of amides is 2. The summed E-state index contributed by atoms with van der Waals surface area (Å²) >= 11 is 5.83. The van der Waals surface area contributed by atoms with E-state index in [4.69, 9.17) is 16.3 Å². The Balaban J connectivity index is 1.49. The highest BCUT2D eigenvalue weighted by Crippen LogP contribution is 2.09. The van der Waals surface area contributed by atoms with Gasteiger partial charge in [-0.15, -0.1) is 0 Å². The Morgan fingerprint density at radius 3 is 2.55 bits per heavy atom. The van der Waals surface area contributed by atoms with Gasteiger partial charge in [-0.2, -0.15) is 0 Å². The normalized spacial score (nSPS) is 15.5. The van der Waals surface area contributed by atoms with Crippen molar-refractivity contribution in [1.29, 1.82) is 0 Å². The van der Waals surface area contributed by atoms with Crippen molar-refractivity contribution >= 4 is 17.6 Å². The molecule has 0 spiro atoms. The third-order valence-corrected chi connectivity index (χ3v) is 3.90. The molecule has 22 heavy (non-hydrogen) atoms. The molecule has 1 aliphatic rings. The molecule has 0 aliphatic carbocycles. The number of nitrogens with zero attached hydrogens (tertiary/aromatic N) is 1. The Morgan fingerprint density at radius 1 is 1.14 bits per heavy atom. The standard InChI is InChI=1S/C16H24ClN3O2/c17-15-4-2-14(3-5-15)6-8-19-16(21)18-7-1-9-20-10-12-22-13-11-20/h2-5H,1,6-13H2,(H2,18,19,21). The van der Waals surface area contributed by atoms with E-state index in [1.54, 1.807) is 0 Å². The molecule has 0 atom stereocenters. The van der Waals surface area contributed by atoms with Gasteiger partial charge in [-0.1, -0.05) is 23.7 Å². The molecule has 6 heteroatoms. The largest absolute Gasteiger partial charge is 0.379 e. The summed E-state index contributed by atoms with van der Waals surface area (Å²) in [5.41, 5.74) is 1.16. The Hall–Kier alpha value is -1.30. The van der Waals surface area contributed by atoms with Crippen molar-refractivity contribution in [3.8, 4) is 0 Å². The molecule has 0 bridgehead atoms. The van der Waals surface area contributed by atoms with Gasteiger partial charge in [0.1, 0.15) is 0 Å². The lowest BCUT2D eigenvalue weighted by atomic mass is 10.1. The first-order valence-corrected chi connectivity index (χ1v) is 8.18. The second-order valence-electron chi connectivity index (χ2n) is 5.37. The summed E-state index contributed by atoms with van der Waals surface area (Å²) in [5, 5.41) is 6.49. The lowest BCUT2D eigenvalue weighted by molar-refractivity contribution is 0.0375. The zero-order valence-corrected chi connectivity index (χ0v) is 13.6. The van der Waals surface area contributed by atoms with Crippen molar-refractivity contribution < 1.29 is 9.53 Å². The second kappa shape index (κ2) is 9.66. The lowest BCUT2D eigenvalue weighted by Gasteiger charge is -2.26. The van der Waals surface area contributed by atoms with Gasteiger partial charge in [-0.3, -0.25) is 4.90 Å². The minimum atomic E-state index is -0.101. The summed E-state index contributed by atoms with van der Waals surface area (Å²) in [6.07, 6.45) is 1.77. The number of halogens is 1. The summed E-state index contributed by atoms with van der Waals surface area (Å²) < 4.78 is 5.30. The highest BCUT2D eigenvalue weighted by atomic mass is 35.5. The Kier molecular flexibility index (Phi) is 7.49. The molecule has 1 aliphatic heterocycles. The highest BCUT2D eigenvalue weighted by Gasteiger charge is 2.09. The van der Waals surface area contributed by atoms with E-state index in [1.807, 2.05) is 24.3 Å². The van der Waals surface area contributed by atoms with Crippen LogP contribution in [0.2, 0.25) is 5.02 Å². The van der Waals surface area contributed by atoms with Crippen LogP contribution in [0.5, 0.6) is 0 Å². The van der Waals surface area contributed by atoms with Crippen molar-refractivity contribution in [1.82, 2.24) is 15.5 Å². The predicted molar refractivity (Wildman–Crippen MR) is 88.4 cm³/mol. The molecular formula is C16H24ClN3O2. The molecule has 1 heterocycles. The van der Waals surface area contributed by atoms with Gasteiger partial charge in [-0.05, 0) is 37.1 Å². The zero-order valence-electron chi connectivity index (χ0n) is 12.8. The summed E-state index contributed by atoms with van der Waals surface area (Å²) in [7, 11) is 0. The number of hydrogen-bond acceptors (Lipinski definition) is 3. The number of carbonyl (C=O) groups is 1. The van der Waals surface area contributed by atoms with Crippen LogP contribution in [0.4, 0.5) is 4.79 Å². The van der Waals surface area contributed by atoms with E-state index in [1.165, 1.54) is 0 Å². The molecule has 2 N–H and O–H groups in total. The summed E-state index contributed by atoms with van der Waals surface area (Å²) in [6, 6.07) is 7.58. The van der Waals surface area contributed by atoms with E-state index in [9.17, 15) is 4.79 Å². The molecule has 2 rings (SSSR count). The maximum atomic E-state index is 11.7. The number of nitrogens with one attached hydrogen (secondary N) is 2. The molecule has 0 unspecified atom stereocenters. The lowest BCUT2D eigenvalue weighted by Crippen LogP contribution is -2.40. The Bertz CT molecular complexity index is 447. The van der Waals surface area contributed by atoms with Crippen LogP contribution >= 0.6 is 11.6 Å². The van der Waals surface area contributed by atoms with Crippen molar-refractivity contribution in [3.05, 3.63) is 34.9 Å². The molecule has 5 nitrogen and oxygen atoms in total. The smallest absolute Gasteiger partial charge is 0.314 e. The van der Waals surface area contributed by atoms with Crippen LogP contribution in [0.25, 0.3) is 0 Å². The quantitative estimate of drug-likeness (QED) is 0.753. The minimum absolute atomic E-state index is 0.101. The fraction of sp³-hybridized carbons (Fsp3) is 0.562. The third-order valence-electron chi connectivity index (χ3n) is 3.65. The van der Waals surface area contributed by atoms with E-state index in [0.717, 1.165) is 56.3 Å². The fourth-order valence-electron chi connectivity index (χ4n) is 2.36. The number of carbonyl (C=O) groups excluding carboxylic acids is 1. The van der Waals surface area contributed by atoms with Crippen molar-refractivity contribution in [2.75, 3.05) is 45.9 Å². The molecule has 1 fully saturated rings. The molecule has 122 valence electrons. The summed E-state index contributed by atoms with van der Waals surface area (Å²) in [6.45, 7) is 5.95. The molecule has 0 aromatic heterocycles. The number of benzene rings is 1. The van der Waals surface area contributed by atoms with Crippen LogP contribution in [-0.4, -0.2) is 56.9 Å². The third kappa shape index (κ3) is 6.64. The Labute approximate surface area is 137 Å². The van der Waals surface area contributed by atoms with Gasteiger partial charge < -0.3 is 15.4 Å². The van der Waals surface area contributed by atoms with Crippen molar-refractivity contribution in [2.24, 2.45) is 0 Å². The van der Waals surface area contributed by atoms with Gasteiger partial charge >= 0.3 is 6.03 Å². The van der Waals surface area contributed by atoms with Crippen molar-refractivity contribution in [2.45, 2.75) is 12.8 Å². The maximum absolute atomic E-state index is 11.7. The van der Waals surface area contributed by atoms with Crippen molar-refractivity contribution in [3.63, 3.8) is 0 Å². The monoisotopic (exact) mass is 325 g/mol. The van der Waals surface area contributed by atoms with E-state index < -0.39 is 0 Å². The first-order chi connectivity index (χ1) is 10.7. The topological polar surface area (TPSA) is 53.6 Å². The van der Waals surface area contributed by atoms with Gasteiger partial charge in [0.25, 0.3) is 0 Å². The molecule has 1 saturated heterocycles. The average molecular weight is 326 g/mol. The van der Waals surface area contributed by atoms with Gasteiger partial charge in [0.2, 0.25) is 0 Å². The van der Waals surface area contributed by atoms with Crippen LogP contribution in [0.15, 0.2) is 24.3 Å². The zero-order chi connectivity index (χ0) is 15.6. The molecular weight excluding hydrogens is 302 g/mol. The predicted octanol–water partition coefficient (Wildman–Crippen LogP) is 1.90. The maximum Gasteiger partial charge on any atom is 0.314 e. The number of hydrogen-bond donors (Lipinski definition) is 2. The van der Waals surface area contributed by atoms with E-state index in [2.05, 4.69) is 15.5 Å². The first kappa shape index (κ1) is 17.1. The van der Waals surface area contributed by atoms with Crippen LogP contribution < -0.4 is 10.6 Å². The van der Waals surface area contributed by atoms with Crippen LogP contribution in [-0.2, 0) is 11.2 Å². The van der Waals surface area contributed by atoms with E-state index in [0.29, 0.717) is 13.1 Å².